The zero-order chi connectivity index (χ0) is 31.5. The van der Waals surface area contributed by atoms with Gasteiger partial charge in [-0.25, -0.2) is 0 Å². The van der Waals surface area contributed by atoms with Gasteiger partial charge in [-0.15, -0.1) is 0 Å². The van der Waals surface area contributed by atoms with Gasteiger partial charge in [-0.3, -0.25) is 4.79 Å². The van der Waals surface area contributed by atoms with Crippen LogP contribution in [0.4, 0.5) is 0 Å². The number of carbonyl (C=O) groups is 1. The normalized spacial score (nSPS) is 13.7. The third-order valence-electron chi connectivity index (χ3n) is 8.06. The molecule has 0 rings (SSSR count). The van der Waals surface area contributed by atoms with Gasteiger partial charge < -0.3 is 15.5 Å². The predicted molar refractivity (Wildman–Crippen MR) is 188 cm³/mol. The van der Waals surface area contributed by atoms with E-state index in [1.54, 1.807) is 6.08 Å². The van der Waals surface area contributed by atoms with E-state index in [0.29, 0.717) is 6.42 Å². The van der Waals surface area contributed by atoms with Gasteiger partial charge in [0.1, 0.15) is 0 Å². The first kappa shape index (κ1) is 41.4. The summed E-state index contributed by atoms with van der Waals surface area (Å²) in [5.74, 6) is -0.0781. The highest BCUT2D eigenvalue weighted by molar-refractivity contribution is 5.76. The zero-order valence-electron chi connectivity index (χ0n) is 28.5. The van der Waals surface area contributed by atoms with Crippen molar-refractivity contribution in [2.24, 2.45) is 0 Å². The summed E-state index contributed by atoms with van der Waals surface area (Å²) in [5.41, 5.74) is 0. The summed E-state index contributed by atoms with van der Waals surface area (Å²) < 4.78 is 0. The number of allylic oxidation sites excluding steroid dienone is 7. The summed E-state index contributed by atoms with van der Waals surface area (Å²) in [6.07, 6.45) is 46.8. The van der Waals surface area contributed by atoms with E-state index in [2.05, 4.69) is 55.6 Å². The average Bonchev–Trinajstić information content (AvgIpc) is 3.01. The van der Waals surface area contributed by atoms with Gasteiger partial charge in [-0.05, 0) is 51.4 Å². The molecule has 0 aromatic carbocycles. The van der Waals surface area contributed by atoms with Crippen molar-refractivity contribution >= 4 is 5.91 Å². The standard InChI is InChI=1S/C39H71NO3/c1-3-5-7-9-10-11-12-13-14-15-16-17-18-19-20-21-22-23-24-25-26-27-28-29-30-31-33-35-39(43)40-37(36-41)38(42)34-32-8-6-4-2/h12-13,15-16,18-19,32,34,37-38,41-42H,3-11,14,17,20-31,33,35-36H2,1-2H3,(H,40,43)/b13-12-,16-15-,19-18-,34-32+. The molecule has 1 amide bonds. The smallest absolute Gasteiger partial charge is 0.220 e. The van der Waals surface area contributed by atoms with Gasteiger partial charge in [-0.2, -0.15) is 0 Å². The number of hydrogen-bond acceptors (Lipinski definition) is 3. The van der Waals surface area contributed by atoms with Gasteiger partial charge in [0, 0.05) is 6.42 Å². The number of rotatable bonds is 32. The summed E-state index contributed by atoms with van der Waals surface area (Å²) in [7, 11) is 0. The van der Waals surface area contributed by atoms with Gasteiger partial charge in [0.25, 0.3) is 0 Å². The quantitative estimate of drug-likeness (QED) is 0.0530. The first-order valence-corrected chi connectivity index (χ1v) is 18.4. The van der Waals surface area contributed by atoms with Crippen molar-refractivity contribution in [1.29, 1.82) is 0 Å². The molecule has 0 saturated heterocycles. The SMILES string of the molecule is CCCC/C=C/C(O)C(CO)NC(=O)CCCCCCCCCCCCCC/C=C\C/C=C\C/C=C\CCCCCCC. The fourth-order valence-electron chi connectivity index (χ4n) is 5.17. The van der Waals surface area contributed by atoms with Crippen LogP contribution in [-0.4, -0.2) is 34.9 Å². The predicted octanol–water partition coefficient (Wildman–Crippen LogP) is 10.8. The number of aliphatic hydroxyl groups is 2. The lowest BCUT2D eigenvalue weighted by molar-refractivity contribution is -0.123. The molecular formula is C39H71NO3. The summed E-state index contributed by atoms with van der Waals surface area (Å²) >= 11 is 0. The molecule has 3 N–H and O–H groups in total. The fraction of sp³-hybridized carbons (Fsp3) is 0.769. The summed E-state index contributed by atoms with van der Waals surface area (Å²) in [6, 6.07) is -0.619. The number of amides is 1. The van der Waals surface area contributed by atoms with Crippen molar-refractivity contribution in [1.82, 2.24) is 5.32 Å². The molecule has 0 aromatic rings. The van der Waals surface area contributed by atoms with E-state index in [-0.39, 0.29) is 12.5 Å². The van der Waals surface area contributed by atoms with Crippen molar-refractivity contribution in [2.75, 3.05) is 6.61 Å². The highest BCUT2D eigenvalue weighted by Gasteiger charge is 2.17. The molecule has 43 heavy (non-hydrogen) atoms. The van der Waals surface area contributed by atoms with Crippen LogP contribution in [0.1, 0.15) is 174 Å². The van der Waals surface area contributed by atoms with E-state index in [0.717, 1.165) is 44.9 Å². The molecule has 250 valence electrons. The maximum atomic E-state index is 12.2. The highest BCUT2D eigenvalue weighted by atomic mass is 16.3. The second kappa shape index (κ2) is 34.8. The molecule has 0 radical (unpaired) electrons. The molecule has 0 spiro atoms. The van der Waals surface area contributed by atoms with Crippen molar-refractivity contribution in [3.8, 4) is 0 Å². The molecule has 0 saturated carbocycles. The Morgan fingerprint density at radius 3 is 1.47 bits per heavy atom. The van der Waals surface area contributed by atoms with Gasteiger partial charge >= 0.3 is 0 Å². The Morgan fingerprint density at radius 1 is 0.558 bits per heavy atom. The third kappa shape index (κ3) is 31.6. The monoisotopic (exact) mass is 602 g/mol. The minimum atomic E-state index is -0.835. The Kier molecular flexibility index (Phi) is 33.5. The van der Waals surface area contributed by atoms with Gasteiger partial charge in [0.2, 0.25) is 5.91 Å². The van der Waals surface area contributed by atoms with E-state index in [1.165, 1.54) is 109 Å². The highest BCUT2D eigenvalue weighted by Crippen LogP contribution is 2.13. The van der Waals surface area contributed by atoms with Crippen molar-refractivity contribution < 1.29 is 15.0 Å². The summed E-state index contributed by atoms with van der Waals surface area (Å²) in [6.45, 7) is 4.14. The van der Waals surface area contributed by atoms with Crippen LogP contribution in [0, 0.1) is 0 Å². The summed E-state index contributed by atoms with van der Waals surface area (Å²) in [5, 5.41) is 22.5. The molecule has 0 aromatic heterocycles. The molecule has 0 bridgehead atoms. The van der Waals surface area contributed by atoms with Crippen LogP contribution in [0.3, 0.4) is 0 Å². The molecule has 0 aliphatic carbocycles. The van der Waals surface area contributed by atoms with E-state index in [4.69, 9.17) is 0 Å². The molecule has 4 heteroatoms. The van der Waals surface area contributed by atoms with Gasteiger partial charge in [0.05, 0.1) is 18.8 Å². The fourth-order valence-corrected chi connectivity index (χ4v) is 5.17. The molecule has 4 nitrogen and oxygen atoms in total. The lowest BCUT2D eigenvalue weighted by Crippen LogP contribution is -2.45. The molecule has 2 unspecified atom stereocenters. The van der Waals surface area contributed by atoms with Crippen molar-refractivity contribution in [3.05, 3.63) is 48.6 Å². The van der Waals surface area contributed by atoms with E-state index in [1.807, 2.05) is 6.08 Å². The second-order valence-corrected chi connectivity index (χ2v) is 12.3. The lowest BCUT2D eigenvalue weighted by atomic mass is 10.0. The van der Waals surface area contributed by atoms with Crippen LogP contribution in [-0.2, 0) is 4.79 Å². The maximum absolute atomic E-state index is 12.2. The number of unbranched alkanes of at least 4 members (excludes halogenated alkanes) is 19. The number of aliphatic hydroxyl groups excluding tert-OH is 2. The minimum absolute atomic E-state index is 0.0781. The molecule has 2 atom stereocenters. The van der Waals surface area contributed by atoms with Crippen LogP contribution in [0.5, 0.6) is 0 Å². The van der Waals surface area contributed by atoms with Crippen molar-refractivity contribution in [3.63, 3.8) is 0 Å². The van der Waals surface area contributed by atoms with Crippen LogP contribution in [0.25, 0.3) is 0 Å². The van der Waals surface area contributed by atoms with E-state index < -0.39 is 12.1 Å². The third-order valence-corrected chi connectivity index (χ3v) is 8.06. The summed E-state index contributed by atoms with van der Waals surface area (Å²) in [4.78, 5) is 12.2. The van der Waals surface area contributed by atoms with E-state index >= 15 is 0 Å². The number of carbonyl (C=O) groups excluding carboxylic acids is 1. The van der Waals surface area contributed by atoms with E-state index in [9.17, 15) is 15.0 Å². The topological polar surface area (TPSA) is 69.6 Å². The second-order valence-electron chi connectivity index (χ2n) is 12.3. The van der Waals surface area contributed by atoms with Gasteiger partial charge in [-0.1, -0.05) is 165 Å². The Hall–Kier alpha value is -1.65. The molecule has 0 aliphatic heterocycles. The Balaban J connectivity index is 3.46. The maximum Gasteiger partial charge on any atom is 0.220 e. The molecular weight excluding hydrogens is 530 g/mol. The molecule has 0 heterocycles. The first-order chi connectivity index (χ1) is 21.2. The molecule has 0 fully saturated rings. The van der Waals surface area contributed by atoms with Crippen LogP contribution < -0.4 is 5.32 Å². The Labute approximate surface area is 267 Å². The van der Waals surface area contributed by atoms with Crippen LogP contribution >= 0.6 is 0 Å². The molecule has 0 aliphatic rings. The van der Waals surface area contributed by atoms with Crippen LogP contribution in [0.2, 0.25) is 0 Å². The first-order valence-electron chi connectivity index (χ1n) is 18.4. The Morgan fingerprint density at radius 2 is 0.977 bits per heavy atom. The number of hydrogen-bond donors (Lipinski definition) is 3. The largest absolute Gasteiger partial charge is 0.394 e. The Bertz CT molecular complexity index is 697. The lowest BCUT2D eigenvalue weighted by Gasteiger charge is -2.19. The van der Waals surface area contributed by atoms with Gasteiger partial charge in [0.15, 0.2) is 0 Å². The number of nitrogens with one attached hydrogen (secondary N) is 1. The minimum Gasteiger partial charge on any atom is -0.394 e. The average molecular weight is 602 g/mol. The zero-order valence-corrected chi connectivity index (χ0v) is 28.5. The van der Waals surface area contributed by atoms with Crippen LogP contribution in [0.15, 0.2) is 48.6 Å². The van der Waals surface area contributed by atoms with Crippen molar-refractivity contribution in [2.45, 2.75) is 187 Å².